The van der Waals surface area contributed by atoms with Crippen molar-refractivity contribution < 1.29 is 0 Å². The molecule has 2 heteroatoms. The van der Waals surface area contributed by atoms with E-state index in [-0.39, 0.29) is 6.04 Å². The van der Waals surface area contributed by atoms with Crippen LogP contribution in [0.25, 0.3) is 0 Å². The molecule has 0 heterocycles. The summed E-state index contributed by atoms with van der Waals surface area (Å²) >= 11 is 0. The molecule has 1 saturated carbocycles. The highest BCUT2D eigenvalue weighted by Gasteiger charge is 2.13. The van der Waals surface area contributed by atoms with E-state index in [9.17, 15) is 0 Å². The highest BCUT2D eigenvalue weighted by molar-refractivity contribution is 5.86. The highest BCUT2D eigenvalue weighted by Crippen LogP contribution is 2.12. The summed E-state index contributed by atoms with van der Waals surface area (Å²) < 4.78 is 0. The summed E-state index contributed by atoms with van der Waals surface area (Å²) in [6, 6.07) is 0.0868. The van der Waals surface area contributed by atoms with Gasteiger partial charge in [-0.25, -0.2) is 0 Å². The lowest BCUT2D eigenvalue weighted by Crippen LogP contribution is -2.32. The van der Waals surface area contributed by atoms with Crippen molar-refractivity contribution in [2.24, 2.45) is 5.73 Å². The summed E-state index contributed by atoms with van der Waals surface area (Å²) in [6.45, 7) is 0. The molecule has 0 bridgehead atoms. The van der Waals surface area contributed by atoms with Gasteiger partial charge in [-0.1, -0.05) is 6.42 Å². The zero-order valence-electron chi connectivity index (χ0n) is 4.98. The van der Waals surface area contributed by atoms with Crippen molar-refractivity contribution in [2.75, 3.05) is 0 Å². The average Bonchev–Trinajstić information content (AvgIpc) is 1.77. The Morgan fingerprint density at radius 2 is 2.25 bits per heavy atom. The minimum Gasteiger partial charge on any atom is -0.323 e. The smallest absolute Gasteiger partial charge is 0.0423 e. The Bertz CT molecular complexity index is 98.7. The van der Waals surface area contributed by atoms with E-state index in [1.165, 1.54) is 12.8 Å². The van der Waals surface area contributed by atoms with Crippen LogP contribution in [0.4, 0.5) is 0 Å². The second-order valence-corrected chi connectivity index (χ2v) is 2.38. The maximum absolute atomic E-state index is 7.27. The summed E-state index contributed by atoms with van der Waals surface area (Å²) in [5, 5.41) is 7.27. The predicted octanol–water partition coefficient (Wildman–Crippen LogP) is 0.907. The molecule has 0 aromatic rings. The number of hydrogen-bond acceptors (Lipinski definition) is 2. The third kappa shape index (κ3) is 1.07. The van der Waals surface area contributed by atoms with E-state index < -0.39 is 0 Å². The number of hydrogen-bond donors (Lipinski definition) is 2. The van der Waals surface area contributed by atoms with Crippen molar-refractivity contribution >= 4 is 5.71 Å². The molecule has 0 aliphatic heterocycles. The Hall–Kier alpha value is -0.370. The van der Waals surface area contributed by atoms with Crippen LogP contribution in [0, 0.1) is 5.41 Å². The topological polar surface area (TPSA) is 49.9 Å². The molecule has 0 spiro atoms. The largest absolute Gasteiger partial charge is 0.323 e. The SMILES string of the molecule is N=C1CCCCC1N. The van der Waals surface area contributed by atoms with Crippen LogP contribution in [-0.4, -0.2) is 11.8 Å². The lowest BCUT2D eigenvalue weighted by Gasteiger charge is -2.17. The van der Waals surface area contributed by atoms with Crippen molar-refractivity contribution in [3.05, 3.63) is 0 Å². The Kier molecular flexibility index (Phi) is 1.63. The van der Waals surface area contributed by atoms with Crippen LogP contribution in [0.1, 0.15) is 25.7 Å². The summed E-state index contributed by atoms with van der Waals surface area (Å²) in [6.07, 6.45) is 4.34. The van der Waals surface area contributed by atoms with E-state index in [1.807, 2.05) is 0 Å². The molecule has 0 amide bonds. The van der Waals surface area contributed by atoms with Gasteiger partial charge in [-0.3, -0.25) is 0 Å². The average molecular weight is 112 g/mol. The van der Waals surface area contributed by atoms with E-state index >= 15 is 0 Å². The molecule has 0 saturated heterocycles. The van der Waals surface area contributed by atoms with Crippen LogP contribution in [0.3, 0.4) is 0 Å². The van der Waals surface area contributed by atoms with E-state index in [0.29, 0.717) is 0 Å². The van der Waals surface area contributed by atoms with Crippen LogP contribution < -0.4 is 5.73 Å². The van der Waals surface area contributed by atoms with Crippen molar-refractivity contribution in [1.82, 2.24) is 0 Å². The molecule has 1 unspecified atom stereocenters. The Morgan fingerprint density at radius 3 is 2.62 bits per heavy atom. The van der Waals surface area contributed by atoms with Crippen molar-refractivity contribution in [1.29, 1.82) is 5.41 Å². The summed E-state index contributed by atoms with van der Waals surface area (Å²) in [7, 11) is 0. The minimum atomic E-state index is 0.0868. The van der Waals surface area contributed by atoms with Gasteiger partial charge >= 0.3 is 0 Å². The van der Waals surface area contributed by atoms with E-state index in [0.717, 1.165) is 18.6 Å². The maximum atomic E-state index is 7.27. The number of rotatable bonds is 0. The van der Waals surface area contributed by atoms with Gasteiger partial charge in [0.05, 0.1) is 0 Å². The van der Waals surface area contributed by atoms with Gasteiger partial charge in [0.1, 0.15) is 0 Å². The van der Waals surface area contributed by atoms with E-state index in [2.05, 4.69) is 0 Å². The van der Waals surface area contributed by atoms with E-state index in [4.69, 9.17) is 11.1 Å². The molecule has 0 aromatic heterocycles. The van der Waals surface area contributed by atoms with Crippen molar-refractivity contribution in [3.8, 4) is 0 Å². The molecule has 1 aliphatic carbocycles. The molecule has 2 nitrogen and oxygen atoms in total. The fourth-order valence-electron chi connectivity index (χ4n) is 1.04. The molecule has 0 aromatic carbocycles. The lowest BCUT2D eigenvalue weighted by molar-refractivity contribution is 0.604. The normalized spacial score (nSPS) is 30.6. The van der Waals surface area contributed by atoms with Crippen LogP contribution in [0.5, 0.6) is 0 Å². The van der Waals surface area contributed by atoms with Crippen LogP contribution >= 0.6 is 0 Å². The molecule has 0 radical (unpaired) electrons. The molecule has 8 heavy (non-hydrogen) atoms. The summed E-state index contributed by atoms with van der Waals surface area (Å²) in [4.78, 5) is 0. The Labute approximate surface area is 49.6 Å². The van der Waals surface area contributed by atoms with Gasteiger partial charge in [0.15, 0.2) is 0 Å². The molecular weight excluding hydrogens is 100 g/mol. The fraction of sp³-hybridized carbons (Fsp3) is 0.833. The number of nitrogens with one attached hydrogen (secondary N) is 1. The third-order valence-electron chi connectivity index (χ3n) is 1.66. The summed E-state index contributed by atoms with van der Waals surface area (Å²) in [5.74, 6) is 0. The van der Waals surface area contributed by atoms with Gasteiger partial charge in [-0.05, 0) is 19.3 Å². The highest BCUT2D eigenvalue weighted by atomic mass is 14.7. The van der Waals surface area contributed by atoms with Gasteiger partial charge < -0.3 is 11.1 Å². The molecule has 46 valence electrons. The maximum Gasteiger partial charge on any atom is 0.0423 e. The molecular formula is C6H12N2. The van der Waals surface area contributed by atoms with Gasteiger partial charge in [0.25, 0.3) is 0 Å². The standard InChI is InChI=1S/C6H12N2/c7-5-3-1-2-4-6(5)8/h5,8H,1-4,7H2. The first-order chi connectivity index (χ1) is 3.80. The number of nitrogens with two attached hydrogens (primary N) is 1. The summed E-state index contributed by atoms with van der Waals surface area (Å²) in [5.41, 5.74) is 6.30. The molecule has 1 rings (SSSR count). The lowest BCUT2D eigenvalue weighted by atomic mass is 9.94. The first kappa shape index (κ1) is 5.76. The molecule has 1 fully saturated rings. The first-order valence-electron chi connectivity index (χ1n) is 3.13. The van der Waals surface area contributed by atoms with Gasteiger partial charge in [0.2, 0.25) is 0 Å². The minimum absolute atomic E-state index is 0.0868. The first-order valence-corrected chi connectivity index (χ1v) is 3.13. The second kappa shape index (κ2) is 2.27. The van der Waals surface area contributed by atoms with E-state index in [1.54, 1.807) is 0 Å². The zero-order chi connectivity index (χ0) is 5.98. The van der Waals surface area contributed by atoms with Crippen LogP contribution in [0.2, 0.25) is 0 Å². The predicted molar refractivity (Wildman–Crippen MR) is 34.2 cm³/mol. The monoisotopic (exact) mass is 112 g/mol. The molecule has 1 aliphatic rings. The zero-order valence-corrected chi connectivity index (χ0v) is 4.98. The van der Waals surface area contributed by atoms with Crippen molar-refractivity contribution in [3.63, 3.8) is 0 Å². The van der Waals surface area contributed by atoms with Crippen molar-refractivity contribution in [2.45, 2.75) is 31.7 Å². The quantitative estimate of drug-likeness (QED) is 0.480. The fourth-order valence-corrected chi connectivity index (χ4v) is 1.04. The van der Waals surface area contributed by atoms with Gasteiger partial charge in [0, 0.05) is 11.8 Å². The Balaban J connectivity index is 2.39. The molecule has 1 atom stereocenters. The molecule has 3 N–H and O–H groups in total. The second-order valence-electron chi connectivity index (χ2n) is 2.38. The Morgan fingerprint density at radius 1 is 1.50 bits per heavy atom. The van der Waals surface area contributed by atoms with Crippen LogP contribution in [-0.2, 0) is 0 Å². The third-order valence-corrected chi connectivity index (χ3v) is 1.66. The van der Waals surface area contributed by atoms with Gasteiger partial charge in [-0.15, -0.1) is 0 Å². The van der Waals surface area contributed by atoms with Crippen LogP contribution in [0.15, 0.2) is 0 Å². The van der Waals surface area contributed by atoms with Gasteiger partial charge in [-0.2, -0.15) is 0 Å².